The number of nitrogens with zero attached hydrogens (tertiary/aromatic N) is 2. The highest BCUT2D eigenvalue weighted by atomic mass is 16.3. The summed E-state index contributed by atoms with van der Waals surface area (Å²) in [6.45, 7) is 1.84. The number of aliphatic hydroxyl groups is 2. The quantitative estimate of drug-likeness (QED) is 0.589. The van der Waals surface area contributed by atoms with E-state index in [-0.39, 0.29) is 13.2 Å². The Morgan fingerprint density at radius 1 is 1.46 bits per heavy atom. The summed E-state index contributed by atoms with van der Waals surface area (Å²) in [6.07, 6.45) is 2.41. The first-order chi connectivity index (χ1) is 6.24. The number of anilines is 1. The lowest BCUT2D eigenvalue weighted by molar-refractivity contribution is 0.105. The van der Waals surface area contributed by atoms with Crippen molar-refractivity contribution in [3.05, 3.63) is 18.1 Å². The van der Waals surface area contributed by atoms with Crippen molar-refractivity contribution in [3.8, 4) is 0 Å². The molecule has 1 unspecified atom stereocenters. The predicted octanol–water partition coefficient (Wildman–Crippen LogP) is -0.450. The second-order valence-corrected chi connectivity index (χ2v) is 2.71. The van der Waals surface area contributed by atoms with Crippen LogP contribution in [0, 0.1) is 6.92 Å². The first kappa shape index (κ1) is 9.88. The summed E-state index contributed by atoms with van der Waals surface area (Å²) in [4.78, 5) is 8.03. The average molecular weight is 183 g/mol. The van der Waals surface area contributed by atoms with Crippen molar-refractivity contribution in [2.45, 2.75) is 13.0 Å². The van der Waals surface area contributed by atoms with Crippen LogP contribution in [0.5, 0.6) is 0 Å². The van der Waals surface area contributed by atoms with Gasteiger partial charge in [-0.15, -0.1) is 0 Å². The van der Waals surface area contributed by atoms with E-state index in [1.807, 2.05) is 6.92 Å². The molecule has 0 fully saturated rings. The topological polar surface area (TPSA) is 78.3 Å². The van der Waals surface area contributed by atoms with Crippen LogP contribution >= 0.6 is 0 Å². The molecule has 0 aromatic carbocycles. The molecule has 1 heterocycles. The third kappa shape index (κ3) is 2.96. The molecule has 1 aromatic rings. The molecule has 1 atom stereocenters. The van der Waals surface area contributed by atoms with Crippen LogP contribution in [0.3, 0.4) is 0 Å². The van der Waals surface area contributed by atoms with Crippen molar-refractivity contribution in [1.29, 1.82) is 0 Å². The molecule has 0 aliphatic carbocycles. The van der Waals surface area contributed by atoms with E-state index < -0.39 is 6.10 Å². The van der Waals surface area contributed by atoms with E-state index in [2.05, 4.69) is 15.3 Å². The van der Waals surface area contributed by atoms with Crippen molar-refractivity contribution in [1.82, 2.24) is 9.97 Å². The van der Waals surface area contributed by atoms with Gasteiger partial charge in [-0.05, 0) is 6.92 Å². The van der Waals surface area contributed by atoms with Gasteiger partial charge in [-0.1, -0.05) is 0 Å². The molecule has 13 heavy (non-hydrogen) atoms. The molecule has 5 nitrogen and oxygen atoms in total. The monoisotopic (exact) mass is 183 g/mol. The van der Waals surface area contributed by atoms with Crippen LogP contribution < -0.4 is 5.32 Å². The molecule has 0 spiro atoms. The van der Waals surface area contributed by atoms with Gasteiger partial charge in [0.25, 0.3) is 0 Å². The van der Waals surface area contributed by atoms with Gasteiger partial charge in [-0.3, -0.25) is 4.98 Å². The minimum atomic E-state index is -0.763. The molecule has 0 saturated carbocycles. The van der Waals surface area contributed by atoms with Gasteiger partial charge in [0, 0.05) is 18.9 Å². The Kier molecular flexibility index (Phi) is 3.60. The molecule has 0 amide bonds. The summed E-state index contributed by atoms with van der Waals surface area (Å²) >= 11 is 0. The molecule has 1 aromatic heterocycles. The van der Waals surface area contributed by atoms with Gasteiger partial charge >= 0.3 is 0 Å². The van der Waals surface area contributed by atoms with Gasteiger partial charge in [0.05, 0.1) is 18.4 Å². The molecule has 5 heteroatoms. The third-order valence-electron chi connectivity index (χ3n) is 1.60. The summed E-state index contributed by atoms with van der Waals surface area (Å²) < 4.78 is 0. The van der Waals surface area contributed by atoms with E-state index in [1.54, 1.807) is 12.4 Å². The van der Waals surface area contributed by atoms with E-state index >= 15 is 0 Å². The SMILES string of the molecule is Cc1nccnc1NCC(O)CO. The van der Waals surface area contributed by atoms with Gasteiger partial charge < -0.3 is 15.5 Å². The van der Waals surface area contributed by atoms with Crippen LogP contribution in [0.1, 0.15) is 5.69 Å². The summed E-state index contributed by atoms with van der Waals surface area (Å²) in [6, 6.07) is 0. The van der Waals surface area contributed by atoms with Gasteiger partial charge in [-0.25, -0.2) is 4.98 Å². The fraction of sp³-hybridized carbons (Fsp3) is 0.500. The summed E-state index contributed by atoms with van der Waals surface area (Å²) in [7, 11) is 0. The maximum atomic E-state index is 9.05. The van der Waals surface area contributed by atoms with Crippen molar-refractivity contribution in [2.75, 3.05) is 18.5 Å². The summed E-state index contributed by atoms with van der Waals surface area (Å²) in [5, 5.41) is 20.5. The van der Waals surface area contributed by atoms with E-state index in [0.29, 0.717) is 5.82 Å². The molecular weight excluding hydrogens is 170 g/mol. The number of aromatic nitrogens is 2. The Balaban J connectivity index is 2.50. The maximum absolute atomic E-state index is 9.05. The predicted molar refractivity (Wildman–Crippen MR) is 48.4 cm³/mol. The second kappa shape index (κ2) is 4.74. The number of nitrogens with one attached hydrogen (secondary N) is 1. The smallest absolute Gasteiger partial charge is 0.147 e. The normalized spacial score (nSPS) is 12.5. The number of rotatable bonds is 4. The molecule has 3 N–H and O–H groups in total. The molecular formula is C8H13N3O2. The van der Waals surface area contributed by atoms with Crippen molar-refractivity contribution >= 4 is 5.82 Å². The Bertz CT molecular complexity index is 267. The molecule has 0 bridgehead atoms. The largest absolute Gasteiger partial charge is 0.394 e. The lowest BCUT2D eigenvalue weighted by Crippen LogP contribution is -2.23. The molecule has 0 radical (unpaired) electrons. The zero-order chi connectivity index (χ0) is 9.68. The zero-order valence-corrected chi connectivity index (χ0v) is 7.44. The Hall–Kier alpha value is -1.20. The average Bonchev–Trinajstić information content (AvgIpc) is 2.16. The van der Waals surface area contributed by atoms with Crippen molar-refractivity contribution in [2.24, 2.45) is 0 Å². The fourth-order valence-corrected chi connectivity index (χ4v) is 0.860. The van der Waals surface area contributed by atoms with Crippen LogP contribution in [0.15, 0.2) is 12.4 Å². The summed E-state index contributed by atoms with van der Waals surface area (Å²) in [5.41, 5.74) is 0.771. The summed E-state index contributed by atoms with van der Waals surface area (Å²) in [5.74, 6) is 0.634. The van der Waals surface area contributed by atoms with Crippen molar-refractivity contribution < 1.29 is 10.2 Å². The van der Waals surface area contributed by atoms with Crippen LogP contribution in [0.25, 0.3) is 0 Å². The highest BCUT2D eigenvalue weighted by Gasteiger charge is 2.03. The van der Waals surface area contributed by atoms with Gasteiger partial charge in [0.15, 0.2) is 0 Å². The number of hydrogen-bond donors (Lipinski definition) is 3. The van der Waals surface area contributed by atoms with E-state index in [1.165, 1.54) is 0 Å². The van der Waals surface area contributed by atoms with Crippen LogP contribution in [0.4, 0.5) is 5.82 Å². The van der Waals surface area contributed by atoms with Crippen LogP contribution in [-0.2, 0) is 0 Å². The Morgan fingerprint density at radius 2 is 2.15 bits per heavy atom. The maximum Gasteiger partial charge on any atom is 0.147 e. The second-order valence-electron chi connectivity index (χ2n) is 2.71. The minimum Gasteiger partial charge on any atom is -0.394 e. The number of aliphatic hydroxyl groups excluding tert-OH is 2. The number of hydrogen-bond acceptors (Lipinski definition) is 5. The zero-order valence-electron chi connectivity index (χ0n) is 7.44. The molecule has 0 aliphatic heterocycles. The Morgan fingerprint density at radius 3 is 2.77 bits per heavy atom. The molecule has 0 aliphatic rings. The molecule has 1 rings (SSSR count). The highest BCUT2D eigenvalue weighted by Crippen LogP contribution is 2.05. The Labute approximate surface area is 76.5 Å². The van der Waals surface area contributed by atoms with Gasteiger partial charge in [-0.2, -0.15) is 0 Å². The van der Waals surface area contributed by atoms with E-state index in [0.717, 1.165) is 5.69 Å². The highest BCUT2D eigenvalue weighted by molar-refractivity contribution is 5.38. The molecule has 72 valence electrons. The fourth-order valence-electron chi connectivity index (χ4n) is 0.860. The lowest BCUT2D eigenvalue weighted by Gasteiger charge is -2.10. The first-order valence-corrected chi connectivity index (χ1v) is 4.04. The first-order valence-electron chi connectivity index (χ1n) is 4.04. The van der Waals surface area contributed by atoms with Gasteiger partial charge in [0.2, 0.25) is 0 Å². The van der Waals surface area contributed by atoms with Gasteiger partial charge in [0.1, 0.15) is 5.82 Å². The van der Waals surface area contributed by atoms with E-state index in [9.17, 15) is 0 Å². The third-order valence-corrected chi connectivity index (χ3v) is 1.60. The van der Waals surface area contributed by atoms with E-state index in [4.69, 9.17) is 10.2 Å². The molecule has 0 saturated heterocycles. The lowest BCUT2D eigenvalue weighted by atomic mass is 10.3. The van der Waals surface area contributed by atoms with Crippen LogP contribution in [0.2, 0.25) is 0 Å². The standard InChI is InChI=1S/C8H13N3O2/c1-6-8(10-3-2-9-6)11-4-7(13)5-12/h2-3,7,12-13H,4-5H2,1H3,(H,10,11). The van der Waals surface area contributed by atoms with Crippen molar-refractivity contribution in [3.63, 3.8) is 0 Å². The minimum absolute atomic E-state index is 0.258. The van der Waals surface area contributed by atoms with Crippen LogP contribution in [-0.4, -0.2) is 39.4 Å². The number of aryl methyl sites for hydroxylation is 1.